The number of hydrogen-bond donors (Lipinski definition) is 1. The van der Waals surface area contributed by atoms with Crippen molar-refractivity contribution < 1.29 is 14.3 Å². The maximum Gasteiger partial charge on any atom is 0.256 e. The van der Waals surface area contributed by atoms with Gasteiger partial charge in [0.1, 0.15) is 12.4 Å². The first-order valence-corrected chi connectivity index (χ1v) is 10.6. The summed E-state index contributed by atoms with van der Waals surface area (Å²) in [5, 5.41) is 2.84. The van der Waals surface area contributed by atoms with Gasteiger partial charge in [-0.3, -0.25) is 9.59 Å². The summed E-state index contributed by atoms with van der Waals surface area (Å²) in [6.45, 7) is 1.41. The number of rotatable bonds is 6. The standard InChI is InChI=1S/C22H31N5O3/c1-25(2)16-8-9-27(12-16)22(29)17-10-15(23-19(28)13-30-4)11-18-20(17)26(3)21(24-18)14-6-5-7-14/h10-11,14,16H,5-9,12-13H2,1-4H3,(H,23,28)/t16-/m0/s1. The van der Waals surface area contributed by atoms with Crippen LogP contribution in [0.5, 0.6) is 0 Å². The summed E-state index contributed by atoms with van der Waals surface area (Å²) in [5.74, 6) is 1.22. The van der Waals surface area contributed by atoms with Crippen molar-refractivity contribution in [1.29, 1.82) is 0 Å². The van der Waals surface area contributed by atoms with Gasteiger partial charge in [-0.1, -0.05) is 6.42 Å². The number of carbonyl (C=O) groups excluding carboxylic acids is 2. The van der Waals surface area contributed by atoms with Crippen molar-refractivity contribution in [2.45, 2.75) is 37.6 Å². The predicted molar refractivity (Wildman–Crippen MR) is 116 cm³/mol. The van der Waals surface area contributed by atoms with Crippen LogP contribution in [-0.2, 0) is 16.6 Å². The molecule has 8 nitrogen and oxygen atoms in total. The number of nitrogens with zero attached hydrogens (tertiary/aromatic N) is 4. The topological polar surface area (TPSA) is 79.7 Å². The van der Waals surface area contributed by atoms with Gasteiger partial charge in [-0.15, -0.1) is 0 Å². The van der Waals surface area contributed by atoms with Gasteiger partial charge in [0.2, 0.25) is 5.91 Å². The van der Waals surface area contributed by atoms with E-state index in [1.807, 2.05) is 18.0 Å². The van der Waals surface area contributed by atoms with Crippen molar-refractivity contribution in [3.05, 3.63) is 23.5 Å². The molecule has 1 saturated heterocycles. The molecule has 0 bridgehead atoms. The number of likely N-dealkylation sites (N-methyl/N-ethyl adjacent to an activating group) is 1. The zero-order chi connectivity index (χ0) is 21.4. The number of ether oxygens (including phenoxy) is 1. The molecule has 1 aliphatic heterocycles. The van der Waals surface area contributed by atoms with Crippen LogP contribution in [0.3, 0.4) is 0 Å². The van der Waals surface area contributed by atoms with E-state index >= 15 is 0 Å². The first kappa shape index (κ1) is 20.8. The third kappa shape index (κ3) is 3.81. The lowest BCUT2D eigenvalue weighted by Gasteiger charge is -2.25. The molecular weight excluding hydrogens is 382 g/mol. The third-order valence-electron chi connectivity index (χ3n) is 6.44. The molecule has 30 heavy (non-hydrogen) atoms. The third-order valence-corrected chi connectivity index (χ3v) is 6.44. The van der Waals surface area contributed by atoms with Crippen LogP contribution >= 0.6 is 0 Å². The minimum absolute atomic E-state index is 0.00431. The molecule has 1 aromatic carbocycles. The van der Waals surface area contributed by atoms with Gasteiger partial charge in [0.15, 0.2) is 0 Å². The van der Waals surface area contributed by atoms with E-state index in [0.717, 1.165) is 42.7 Å². The number of amides is 2. The quantitative estimate of drug-likeness (QED) is 0.785. The normalized spacial score (nSPS) is 19.5. The van der Waals surface area contributed by atoms with Crippen molar-refractivity contribution >= 4 is 28.5 Å². The van der Waals surface area contributed by atoms with Gasteiger partial charge < -0.3 is 24.4 Å². The van der Waals surface area contributed by atoms with Crippen LogP contribution in [-0.4, -0.2) is 78.1 Å². The molecule has 1 aromatic heterocycles. The van der Waals surface area contributed by atoms with E-state index in [1.165, 1.54) is 13.5 Å². The minimum atomic E-state index is -0.251. The number of aryl methyl sites for hydroxylation is 1. The fraction of sp³-hybridized carbons (Fsp3) is 0.591. The van der Waals surface area contributed by atoms with Crippen molar-refractivity contribution in [2.24, 2.45) is 7.05 Å². The van der Waals surface area contributed by atoms with Gasteiger partial charge in [-0.2, -0.15) is 0 Å². The fourth-order valence-corrected chi connectivity index (χ4v) is 4.48. The Labute approximate surface area is 177 Å². The molecule has 4 rings (SSSR count). The number of methoxy groups -OCH3 is 1. The Morgan fingerprint density at radius 2 is 2.03 bits per heavy atom. The summed E-state index contributed by atoms with van der Waals surface area (Å²) in [7, 11) is 7.58. The summed E-state index contributed by atoms with van der Waals surface area (Å²) in [6, 6.07) is 4.01. The second-order valence-electron chi connectivity index (χ2n) is 8.69. The van der Waals surface area contributed by atoms with E-state index in [9.17, 15) is 9.59 Å². The molecule has 162 valence electrons. The van der Waals surface area contributed by atoms with E-state index in [2.05, 4.69) is 28.9 Å². The Hall–Kier alpha value is -2.45. The Bertz CT molecular complexity index is 963. The maximum atomic E-state index is 13.5. The van der Waals surface area contributed by atoms with Gasteiger partial charge in [0, 0.05) is 44.9 Å². The summed E-state index contributed by atoms with van der Waals surface area (Å²) < 4.78 is 7.00. The van der Waals surface area contributed by atoms with Crippen LogP contribution in [0.4, 0.5) is 5.69 Å². The van der Waals surface area contributed by atoms with Crippen LogP contribution in [0.15, 0.2) is 12.1 Å². The average Bonchev–Trinajstić information content (AvgIpc) is 3.26. The lowest BCUT2D eigenvalue weighted by atomic mass is 9.85. The van der Waals surface area contributed by atoms with Crippen molar-refractivity contribution in [3.8, 4) is 0 Å². The van der Waals surface area contributed by atoms with Gasteiger partial charge in [0.05, 0.1) is 16.6 Å². The molecular formula is C22H31N5O3. The van der Waals surface area contributed by atoms with Crippen LogP contribution < -0.4 is 5.32 Å². The SMILES string of the molecule is COCC(=O)Nc1cc(C(=O)N2CC[C@H](N(C)C)C2)c2c(c1)nc(C1CCC1)n2C. The molecule has 1 N–H and O–H groups in total. The molecule has 2 amide bonds. The second kappa shape index (κ2) is 8.35. The average molecular weight is 414 g/mol. The molecule has 2 heterocycles. The number of hydrogen-bond acceptors (Lipinski definition) is 5. The highest BCUT2D eigenvalue weighted by Crippen LogP contribution is 2.38. The molecule has 1 aliphatic carbocycles. The lowest BCUT2D eigenvalue weighted by molar-refractivity contribution is -0.119. The number of imidazole rings is 1. The number of fused-ring (bicyclic) bond motifs is 1. The van der Waals surface area contributed by atoms with Crippen LogP contribution in [0.25, 0.3) is 11.0 Å². The van der Waals surface area contributed by atoms with E-state index in [0.29, 0.717) is 29.8 Å². The van der Waals surface area contributed by atoms with Crippen LogP contribution in [0.1, 0.15) is 47.8 Å². The number of likely N-dealkylation sites (tertiary alicyclic amines) is 1. The highest BCUT2D eigenvalue weighted by atomic mass is 16.5. The largest absolute Gasteiger partial charge is 0.375 e. The second-order valence-corrected chi connectivity index (χ2v) is 8.69. The lowest BCUT2D eigenvalue weighted by Crippen LogP contribution is -2.34. The molecule has 1 saturated carbocycles. The monoisotopic (exact) mass is 413 g/mol. The smallest absolute Gasteiger partial charge is 0.256 e. The molecule has 8 heteroatoms. The predicted octanol–water partition coefficient (Wildman–Crippen LogP) is 2.20. The Morgan fingerprint density at radius 3 is 2.63 bits per heavy atom. The van der Waals surface area contributed by atoms with Crippen LogP contribution in [0.2, 0.25) is 0 Å². The maximum absolute atomic E-state index is 13.5. The molecule has 0 unspecified atom stereocenters. The van der Waals surface area contributed by atoms with E-state index in [-0.39, 0.29) is 18.4 Å². The molecule has 2 aliphatic rings. The molecule has 1 atom stereocenters. The van der Waals surface area contributed by atoms with Crippen molar-refractivity contribution in [3.63, 3.8) is 0 Å². The first-order chi connectivity index (χ1) is 14.4. The summed E-state index contributed by atoms with van der Waals surface area (Å²) in [4.78, 5) is 34.6. The number of carbonyl (C=O) groups is 2. The highest BCUT2D eigenvalue weighted by Gasteiger charge is 2.31. The van der Waals surface area contributed by atoms with Crippen molar-refractivity contribution in [2.75, 3.05) is 46.2 Å². The van der Waals surface area contributed by atoms with Crippen LogP contribution in [0, 0.1) is 0 Å². The number of aromatic nitrogens is 2. The van der Waals surface area contributed by atoms with E-state index < -0.39 is 0 Å². The van der Waals surface area contributed by atoms with Gasteiger partial charge in [-0.05, 0) is 45.5 Å². The number of anilines is 1. The zero-order valence-corrected chi connectivity index (χ0v) is 18.3. The Kier molecular flexibility index (Phi) is 5.79. The van der Waals surface area contributed by atoms with Gasteiger partial charge in [-0.25, -0.2) is 4.98 Å². The summed E-state index contributed by atoms with van der Waals surface area (Å²) >= 11 is 0. The summed E-state index contributed by atoms with van der Waals surface area (Å²) in [6.07, 6.45) is 4.45. The number of nitrogens with one attached hydrogen (secondary N) is 1. The Balaban J connectivity index is 1.74. The summed E-state index contributed by atoms with van der Waals surface area (Å²) in [5.41, 5.74) is 2.77. The fourth-order valence-electron chi connectivity index (χ4n) is 4.48. The van der Waals surface area contributed by atoms with E-state index in [1.54, 1.807) is 6.07 Å². The van der Waals surface area contributed by atoms with Crippen molar-refractivity contribution in [1.82, 2.24) is 19.4 Å². The zero-order valence-electron chi connectivity index (χ0n) is 18.3. The highest BCUT2D eigenvalue weighted by molar-refractivity contribution is 6.08. The first-order valence-electron chi connectivity index (χ1n) is 10.6. The van der Waals surface area contributed by atoms with Gasteiger partial charge in [0.25, 0.3) is 5.91 Å². The molecule has 0 radical (unpaired) electrons. The van der Waals surface area contributed by atoms with E-state index in [4.69, 9.17) is 9.72 Å². The molecule has 2 aromatic rings. The molecule has 2 fully saturated rings. The number of benzene rings is 1. The molecule has 0 spiro atoms. The van der Waals surface area contributed by atoms with Gasteiger partial charge >= 0.3 is 0 Å². The minimum Gasteiger partial charge on any atom is -0.375 e. The Morgan fingerprint density at radius 1 is 1.27 bits per heavy atom.